The molecule has 3 N–H and O–H groups in total. The highest BCUT2D eigenvalue weighted by molar-refractivity contribution is 5.19. The molecule has 3 heteroatoms. The number of halogens is 1. The molecule has 0 bridgehead atoms. The van der Waals surface area contributed by atoms with Crippen LogP contribution in [0.2, 0.25) is 0 Å². The Morgan fingerprint density at radius 1 is 1.43 bits per heavy atom. The maximum Gasteiger partial charge on any atom is 0.126 e. The minimum Gasteiger partial charge on any atom is -0.388 e. The number of benzene rings is 1. The standard InChI is InChI=1S/C11H16FNO/c1-2-11(14,8-13)7-9-5-3-4-6-10(9)12/h3-6,14H,2,7-8,13H2,1H3. The highest BCUT2D eigenvalue weighted by Crippen LogP contribution is 2.18. The van der Waals surface area contributed by atoms with Crippen LogP contribution in [0.1, 0.15) is 18.9 Å². The van der Waals surface area contributed by atoms with Crippen molar-refractivity contribution in [1.29, 1.82) is 0 Å². The minimum atomic E-state index is -0.984. The van der Waals surface area contributed by atoms with Gasteiger partial charge in [0.1, 0.15) is 5.82 Å². The predicted molar refractivity (Wildman–Crippen MR) is 54.4 cm³/mol. The second kappa shape index (κ2) is 4.53. The largest absolute Gasteiger partial charge is 0.388 e. The van der Waals surface area contributed by atoms with Crippen LogP contribution < -0.4 is 5.73 Å². The van der Waals surface area contributed by atoms with Gasteiger partial charge in [0.15, 0.2) is 0 Å². The van der Waals surface area contributed by atoms with Gasteiger partial charge in [-0.15, -0.1) is 0 Å². The minimum absolute atomic E-state index is 0.151. The van der Waals surface area contributed by atoms with Crippen LogP contribution in [0.5, 0.6) is 0 Å². The smallest absolute Gasteiger partial charge is 0.126 e. The number of aliphatic hydroxyl groups is 1. The van der Waals surface area contributed by atoms with Gasteiger partial charge in [0.2, 0.25) is 0 Å². The van der Waals surface area contributed by atoms with Crippen LogP contribution in [0.25, 0.3) is 0 Å². The molecule has 1 aromatic carbocycles. The molecule has 0 aromatic heterocycles. The zero-order valence-electron chi connectivity index (χ0n) is 8.33. The summed E-state index contributed by atoms with van der Waals surface area (Å²) in [7, 11) is 0. The Hall–Kier alpha value is -0.930. The topological polar surface area (TPSA) is 46.2 Å². The predicted octanol–water partition coefficient (Wildman–Crippen LogP) is 1.47. The van der Waals surface area contributed by atoms with E-state index in [2.05, 4.69) is 0 Å². The molecule has 1 unspecified atom stereocenters. The Balaban J connectivity index is 2.82. The molecular weight excluding hydrogens is 181 g/mol. The second-order valence-corrected chi connectivity index (χ2v) is 3.55. The van der Waals surface area contributed by atoms with Gasteiger partial charge in [-0.1, -0.05) is 25.1 Å². The van der Waals surface area contributed by atoms with Gasteiger partial charge in [-0.25, -0.2) is 4.39 Å². The Morgan fingerprint density at radius 3 is 2.57 bits per heavy atom. The first kappa shape index (κ1) is 11.1. The molecule has 1 aromatic rings. The Bertz CT molecular complexity index is 297. The summed E-state index contributed by atoms with van der Waals surface area (Å²) in [6.45, 7) is 1.99. The SMILES string of the molecule is CCC(O)(CN)Cc1ccccc1F. The van der Waals surface area contributed by atoms with Crippen molar-refractivity contribution in [3.63, 3.8) is 0 Å². The van der Waals surface area contributed by atoms with E-state index in [1.54, 1.807) is 18.2 Å². The van der Waals surface area contributed by atoms with Gasteiger partial charge < -0.3 is 10.8 Å². The van der Waals surface area contributed by atoms with Crippen molar-refractivity contribution in [2.75, 3.05) is 6.54 Å². The molecule has 0 aliphatic heterocycles. The molecule has 1 rings (SSSR count). The monoisotopic (exact) mass is 197 g/mol. The molecule has 0 fully saturated rings. The maximum absolute atomic E-state index is 13.2. The van der Waals surface area contributed by atoms with E-state index in [4.69, 9.17) is 5.73 Å². The van der Waals surface area contributed by atoms with Crippen molar-refractivity contribution in [3.8, 4) is 0 Å². The molecule has 0 aliphatic carbocycles. The van der Waals surface area contributed by atoms with Crippen LogP contribution in [0.3, 0.4) is 0 Å². The summed E-state index contributed by atoms with van der Waals surface area (Å²) in [5, 5.41) is 9.91. The first-order valence-electron chi connectivity index (χ1n) is 4.77. The fourth-order valence-electron chi connectivity index (χ4n) is 1.34. The summed E-state index contributed by atoms with van der Waals surface area (Å²) in [6.07, 6.45) is 0.796. The molecule has 1 atom stereocenters. The van der Waals surface area contributed by atoms with Gasteiger partial charge in [-0.2, -0.15) is 0 Å². The Labute approximate surface area is 83.6 Å². The van der Waals surface area contributed by atoms with Crippen LogP contribution in [-0.2, 0) is 6.42 Å². The van der Waals surface area contributed by atoms with Gasteiger partial charge in [-0.05, 0) is 18.1 Å². The molecule has 0 aliphatic rings. The zero-order valence-corrected chi connectivity index (χ0v) is 8.33. The van der Waals surface area contributed by atoms with Gasteiger partial charge in [0.25, 0.3) is 0 Å². The first-order chi connectivity index (χ1) is 6.61. The average Bonchev–Trinajstić information content (AvgIpc) is 2.21. The molecule has 78 valence electrons. The van der Waals surface area contributed by atoms with E-state index in [9.17, 15) is 9.50 Å². The van der Waals surface area contributed by atoms with Crippen molar-refractivity contribution in [2.24, 2.45) is 5.73 Å². The van der Waals surface area contributed by atoms with Crippen molar-refractivity contribution in [2.45, 2.75) is 25.4 Å². The summed E-state index contributed by atoms with van der Waals surface area (Å²) in [5.74, 6) is -0.284. The Morgan fingerprint density at radius 2 is 2.07 bits per heavy atom. The van der Waals surface area contributed by atoms with Crippen LogP contribution in [-0.4, -0.2) is 17.3 Å². The van der Waals surface area contributed by atoms with Gasteiger partial charge >= 0.3 is 0 Å². The lowest BCUT2D eigenvalue weighted by atomic mass is 9.92. The normalized spacial score (nSPS) is 15.1. The average molecular weight is 197 g/mol. The van der Waals surface area contributed by atoms with Crippen molar-refractivity contribution in [3.05, 3.63) is 35.6 Å². The van der Waals surface area contributed by atoms with E-state index in [0.717, 1.165) is 0 Å². The van der Waals surface area contributed by atoms with Gasteiger partial charge in [-0.3, -0.25) is 0 Å². The summed E-state index contributed by atoms with van der Waals surface area (Å²) in [5.41, 5.74) is 4.98. The summed E-state index contributed by atoms with van der Waals surface area (Å²) in [6, 6.07) is 6.45. The lowest BCUT2D eigenvalue weighted by Crippen LogP contribution is -2.39. The third-order valence-corrected chi connectivity index (χ3v) is 2.52. The third-order valence-electron chi connectivity index (χ3n) is 2.52. The molecule has 0 saturated heterocycles. The van der Waals surface area contributed by atoms with E-state index in [1.807, 2.05) is 6.92 Å². The lowest BCUT2D eigenvalue weighted by Gasteiger charge is -2.24. The van der Waals surface area contributed by atoms with Crippen LogP contribution in [0.15, 0.2) is 24.3 Å². The number of nitrogens with two attached hydrogens (primary N) is 1. The highest BCUT2D eigenvalue weighted by Gasteiger charge is 2.24. The number of hydrogen-bond acceptors (Lipinski definition) is 2. The van der Waals surface area contributed by atoms with Gasteiger partial charge in [0, 0.05) is 13.0 Å². The molecule has 0 heterocycles. The Kier molecular flexibility index (Phi) is 3.61. The molecule has 14 heavy (non-hydrogen) atoms. The van der Waals surface area contributed by atoms with E-state index < -0.39 is 5.60 Å². The number of rotatable bonds is 4. The third kappa shape index (κ3) is 2.53. The fourth-order valence-corrected chi connectivity index (χ4v) is 1.34. The van der Waals surface area contributed by atoms with Crippen LogP contribution in [0.4, 0.5) is 4.39 Å². The van der Waals surface area contributed by atoms with Crippen LogP contribution in [0, 0.1) is 5.82 Å². The van der Waals surface area contributed by atoms with E-state index in [0.29, 0.717) is 12.0 Å². The van der Waals surface area contributed by atoms with E-state index >= 15 is 0 Å². The highest BCUT2D eigenvalue weighted by atomic mass is 19.1. The van der Waals surface area contributed by atoms with E-state index in [1.165, 1.54) is 6.07 Å². The first-order valence-corrected chi connectivity index (χ1v) is 4.77. The molecule has 0 saturated carbocycles. The summed E-state index contributed by atoms with van der Waals surface area (Å²) < 4.78 is 13.2. The van der Waals surface area contributed by atoms with Crippen LogP contribution >= 0.6 is 0 Å². The molecule has 0 spiro atoms. The second-order valence-electron chi connectivity index (χ2n) is 3.55. The quantitative estimate of drug-likeness (QED) is 0.767. The van der Waals surface area contributed by atoms with E-state index in [-0.39, 0.29) is 18.8 Å². The molecule has 0 radical (unpaired) electrons. The van der Waals surface area contributed by atoms with Crippen molar-refractivity contribution < 1.29 is 9.50 Å². The maximum atomic E-state index is 13.2. The molecule has 0 amide bonds. The lowest BCUT2D eigenvalue weighted by molar-refractivity contribution is 0.0448. The molecular formula is C11H16FNO. The molecule has 2 nitrogen and oxygen atoms in total. The van der Waals surface area contributed by atoms with Crippen molar-refractivity contribution in [1.82, 2.24) is 0 Å². The van der Waals surface area contributed by atoms with Gasteiger partial charge in [0.05, 0.1) is 5.60 Å². The number of hydrogen-bond donors (Lipinski definition) is 2. The van der Waals surface area contributed by atoms with Crippen molar-refractivity contribution >= 4 is 0 Å². The fraction of sp³-hybridized carbons (Fsp3) is 0.455. The summed E-state index contributed by atoms with van der Waals surface area (Å²) in [4.78, 5) is 0. The summed E-state index contributed by atoms with van der Waals surface area (Å²) >= 11 is 0. The zero-order chi connectivity index (χ0) is 10.6.